The Hall–Kier alpha value is -2.58. The van der Waals surface area contributed by atoms with Crippen molar-refractivity contribution in [2.24, 2.45) is 5.14 Å². The molecule has 0 aromatic heterocycles. The lowest BCUT2D eigenvalue weighted by atomic mass is 9.88. The molecule has 10 nitrogen and oxygen atoms in total. The fourth-order valence-electron chi connectivity index (χ4n) is 5.23. The minimum Gasteiger partial charge on any atom is -0.491 e. The summed E-state index contributed by atoms with van der Waals surface area (Å²) in [5.41, 5.74) is -0.386. The average molecular weight is 576 g/mol. The molecule has 210 valence electrons. The van der Waals surface area contributed by atoms with Crippen LogP contribution in [-0.2, 0) is 24.8 Å². The first kappa shape index (κ1) is 28.0. The lowest BCUT2D eigenvalue weighted by Gasteiger charge is -2.38. The van der Waals surface area contributed by atoms with Crippen molar-refractivity contribution in [1.82, 2.24) is 9.62 Å². The second kappa shape index (κ2) is 11.1. The number of primary sulfonamides is 1. The van der Waals surface area contributed by atoms with Crippen molar-refractivity contribution >= 4 is 30.8 Å². The molecule has 39 heavy (non-hydrogen) atoms. The number of ether oxygens (including phenoxy) is 2. The van der Waals surface area contributed by atoms with Crippen LogP contribution >= 0.6 is 0 Å². The summed E-state index contributed by atoms with van der Waals surface area (Å²) in [7, 11) is -7.44. The summed E-state index contributed by atoms with van der Waals surface area (Å²) in [6.45, 7) is 1.48. The van der Waals surface area contributed by atoms with E-state index >= 15 is 0 Å². The topological polar surface area (TPSA) is 148 Å². The van der Waals surface area contributed by atoms with Gasteiger partial charge in [0.1, 0.15) is 18.5 Å². The van der Waals surface area contributed by atoms with Crippen LogP contribution < -0.4 is 15.2 Å². The summed E-state index contributed by atoms with van der Waals surface area (Å²) in [5, 5.41) is 20.7. The molecule has 2 aliphatic heterocycles. The third-order valence-electron chi connectivity index (χ3n) is 7.42. The molecule has 4 N–H and O–H groups in total. The Bertz CT molecular complexity index is 1540. The van der Waals surface area contributed by atoms with Gasteiger partial charge in [0.25, 0.3) is 0 Å². The van der Waals surface area contributed by atoms with E-state index in [0.717, 1.165) is 17.2 Å². The Morgan fingerprint density at radius 3 is 2.49 bits per heavy atom. The zero-order valence-corrected chi connectivity index (χ0v) is 23.0. The van der Waals surface area contributed by atoms with Gasteiger partial charge in [0.15, 0.2) is 0 Å². The number of nitrogens with one attached hydrogen (secondary N) is 1. The van der Waals surface area contributed by atoms with Gasteiger partial charge in [0.2, 0.25) is 20.0 Å². The number of aliphatic hydroxyl groups is 1. The summed E-state index contributed by atoms with van der Waals surface area (Å²) in [6.07, 6.45) is 1.10. The summed E-state index contributed by atoms with van der Waals surface area (Å²) >= 11 is 0. The van der Waals surface area contributed by atoms with Gasteiger partial charge in [-0.25, -0.2) is 22.0 Å². The van der Waals surface area contributed by atoms with Gasteiger partial charge in [-0.2, -0.15) is 4.31 Å². The quantitative estimate of drug-likeness (QED) is 0.350. The van der Waals surface area contributed by atoms with E-state index in [1.165, 1.54) is 18.2 Å². The van der Waals surface area contributed by atoms with E-state index in [0.29, 0.717) is 43.2 Å². The molecule has 2 atom stereocenters. The van der Waals surface area contributed by atoms with Crippen molar-refractivity contribution in [1.29, 1.82) is 0 Å². The van der Waals surface area contributed by atoms with Crippen molar-refractivity contribution in [3.05, 3.63) is 66.7 Å². The fraction of sp³-hybridized carbons (Fsp3) is 0.407. The number of hydrogen-bond donors (Lipinski definition) is 3. The highest BCUT2D eigenvalue weighted by Gasteiger charge is 2.44. The molecule has 2 fully saturated rings. The number of benzene rings is 3. The number of rotatable bonds is 9. The van der Waals surface area contributed by atoms with E-state index in [1.807, 2.05) is 30.3 Å². The molecule has 2 saturated heterocycles. The van der Waals surface area contributed by atoms with Crippen LogP contribution in [0.15, 0.2) is 76.5 Å². The molecule has 0 amide bonds. The molecule has 3 aromatic carbocycles. The average Bonchev–Trinajstić information content (AvgIpc) is 3.32. The zero-order valence-electron chi connectivity index (χ0n) is 21.4. The van der Waals surface area contributed by atoms with Gasteiger partial charge in [0, 0.05) is 31.7 Å². The van der Waals surface area contributed by atoms with Crippen LogP contribution in [0.2, 0.25) is 0 Å². The highest BCUT2D eigenvalue weighted by atomic mass is 32.2. The number of fused-ring (bicyclic) bond motifs is 1. The molecule has 0 bridgehead atoms. The normalized spacial score (nSPS) is 20.8. The highest BCUT2D eigenvalue weighted by Crippen LogP contribution is 2.37. The Labute approximate surface area is 228 Å². The SMILES string of the molecule is NS(=O)(=O)c1cccc(OCC(O)CN[C@H]2COC3(CCN(S(=O)(=O)c4ccc5ccccc5c4)CC3)C2)c1. The van der Waals surface area contributed by atoms with Crippen LogP contribution in [0.3, 0.4) is 0 Å². The molecular formula is C27H33N3O7S2. The summed E-state index contributed by atoms with van der Waals surface area (Å²) in [4.78, 5) is 0.244. The lowest BCUT2D eigenvalue weighted by Crippen LogP contribution is -2.47. The number of nitrogens with two attached hydrogens (primary N) is 1. The standard InChI is InChI=1S/C27H33N3O7S2/c28-38(32,33)25-7-3-6-24(15-25)36-19-23(31)17-29-22-16-27(37-18-22)10-12-30(13-11-27)39(34,35)26-9-8-20-4-1-2-5-21(20)14-26/h1-9,14-15,22-23,29,31H,10-13,16-19H2,(H2,28,32,33)/t22-,23?/m1/s1. The number of nitrogens with zero attached hydrogens (tertiary/aromatic N) is 1. The maximum atomic E-state index is 13.3. The van der Waals surface area contributed by atoms with Crippen LogP contribution in [0, 0.1) is 0 Å². The van der Waals surface area contributed by atoms with E-state index < -0.39 is 26.2 Å². The van der Waals surface area contributed by atoms with E-state index in [2.05, 4.69) is 5.32 Å². The number of piperidine rings is 1. The number of hydrogen-bond acceptors (Lipinski definition) is 8. The molecule has 2 heterocycles. The van der Waals surface area contributed by atoms with Crippen LogP contribution in [0.25, 0.3) is 10.8 Å². The molecular weight excluding hydrogens is 542 g/mol. The van der Waals surface area contributed by atoms with Crippen molar-refractivity contribution in [3.8, 4) is 5.75 Å². The molecule has 0 aliphatic carbocycles. The zero-order chi connectivity index (χ0) is 27.7. The fourth-order valence-corrected chi connectivity index (χ4v) is 7.26. The summed E-state index contributed by atoms with van der Waals surface area (Å²) in [6, 6.07) is 18.8. The van der Waals surface area contributed by atoms with Gasteiger partial charge in [0.05, 0.1) is 22.0 Å². The molecule has 3 aromatic rings. The predicted molar refractivity (Wildman–Crippen MR) is 146 cm³/mol. The van der Waals surface area contributed by atoms with Gasteiger partial charge in [-0.05, 0) is 54.3 Å². The third-order valence-corrected chi connectivity index (χ3v) is 10.2. The first-order valence-corrected chi connectivity index (χ1v) is 15.8. The molecule has 1 unspecified atom stereocenters. The van der Waals surface area contributed by atoms with E-state index in [-0.39, 0.29) is 29.7 Å². The van der Waals surface area contributed by atoms with Crippen molar-refractivity contribution < 1.29 is 31.4 Å². The molecule has 1 spiro atoms. The van der Waals surface area contributed by atoms with Crippen molar-refractivity contribution in [2.45, 2.75) is 46.8 Å². The molecule has 12 heteroatoms. The Kier molecular flexibility index (Phi) is 7.98. The first-order chi connectivity index (χ1) is 18.5. The van der Waals surface area contributed by atoms with E-state index in [1.54, 1.807) is 22.5 Å². The number of sulfonamides is 2. The largest absolute Gasteiger partial charge is 0.491 e. The Morgan fingerprint density at radius 2 is 1.74 bits per heavy atom. The lowest BCUT2D eigenvalue weighted by molar-refractivity contribution is -0.0312. The smallest absolute Gasteiger partial charge is 0.243 e. The summed E-state index contributed by atoms with van der Waals surface area (Å²) < 4.78 is 62.8. The molecule has 0 radical (unpaired) electrons. The first-order valence-electron chi connectivity index (χ1n) is 12.8. The third kappa shape index (κ3) is 6.43. The second-order valence-corrected chi connectivity index (χ2v) is 13.7. The maximum absolute atomic E-state index is 13.3. The molecule has 5 rings (SSSR count). The van der Waals surface area contributed by atoms with Gasteiger partial charge in [-0.1, -0.05) is 36.4 Å². The molecule has 2 aliphatic rings. The maximum Gasteiger partial charge on any atom is 0.243 e. The monoisotopic (exact) mass is 575 g/mol. The van der Waals surface area contributed by atoms with Crippen molar-refractivity contribution in [3.63, 3.8) is 0 Å². The van der Waals surface area contributed by atoms with Gasteiger partial charge < -0.3 is 19.9 Å². The van der Waals surface area contributed by atoms with Crippen LogP contribution in [-0.4, -0.2) is 76.8 Å². The minimum atomic E-state index is -3.84. The minimum absolute atomic E-state index is 0.0222. The van der Waals surface area contributed by atoms with Crippen LogP contribution in [0.4, 0.5) is 0 Å². The number of aliphatic hydroxyl groups excluding tert-OH is 1. The van der Waals surface area contributed by atoms with Crippen molar-refractivity contribution in [2.75, 3.05) is 32.8 Å². The Morgan fingerprint density at radius 1 is 1.00 bits per heavy atom. The molecule has 0 saturated carbocycles. The van der Waals surface area contributed by atoms with Gasteiger partial charge >= 0.3 is 0 Å². The van der Waals surface area contributed by atoms with Gasteiger partial charge in [-0.3, -0.25) is 0 Å². The second-order valence-electron chi connectivity index (χ2n) is 10.2. The van der Waals surface area contributed by atoms with E-state index in [4.69, 9.17) is 14.6 Å². The predicted octanol–water partition coefficient (Wildman–Crippen LogP) is 1.83. The van der Waals surface area contributed by atoms with Crippen LogP contribution in [0.1, 0.15) is 19.3 Å². The Balaban J connectivity index is 1.10. The van der Waals surface area contributed by atoms with E-state index in [9.17, 15) is 21.9 Å². The highest BCUT2D eigenvalue weighted by molar-refractivity contribution is 7.89. The summed E-state index contributed by atoms with van der Waals surface area (Å²) in [5.74, 6) is 0.300. The van der Waals surface area contributed by atoms with Crippen LogP contribution in [0.5, 0.6) is 5.75 Å². The van der Waals surface area contributed by atoms with Gasteiger partial charge in [-0.15, -0.1) is 0 Å².